The number of halogens is 2. The predicted molar refractivity (Wildman–Crippen MR) is 78.3 cm³/mol. The number of hydrogen-bond acceptors (Lipinski definition) is 3. The van der Waals surface area contributed by atoms with Crippen LogP contribution in [0, 0.1) is 11.6 Å². The fourth-order valence-electron chi connectivity index (χ4n) is 1.73. The summed E-state index contributed by atoms with van der Waals surface area (Å²) in [5.74, 6) is -1.12. The van der Waals surface area contributed by atoms with Gasteiger partial charge in [0, 0.05) is 22.7 Å². The molecule has 0 aliphatic carbocycles. The summed E-state index contributed by atoms with van der Waals surface area (Å²) >= 11 is 1.32. The summed E-state index contributed by atoms with van der Waals surface area (Å²) in [6.07, 6.45) is 1.67. The molecule has 0 aliphatic rings. The van der Waals surface area contributed by atoms with E-state index in [0.717, 1.165) is 17.0 Å². The second-order valence-corrected chi connectivity index (χ2v) is 5.90. The van der Waals surface area contributed by atoms with Gasteiger partial charge in [-0.2, -0.15) is 0 Å². The average Bonchev–Trinajstić information content (AvgIpc) is 2.87. The second kappa shape index (κ2) is 6.17. The average molecular weight is 311 g/mol. The SMILES string of the molecule is CC(C)c1cnc(N(Cc2ccc(F)cc2F)C(N)=O)s1. The zero-order chi connectivity index (χ0) is 15.6. The maximum atomic E-state index is 13.7. The summed E-state index contributed by atoms with van der Waals surface area (Å²) in [6, 6.07) is 2.47. The molecule has 0 saturated heterocycles. The highest BCUT2D eigenvalue weighted by molar-refractivity contribution is 7.15. The summed E-state index contributed by atoms with van der Waals surface area (Å²) in [4.78, 5) is 17.9. The van der Waals surface area contributed by atoms with Crippen molar-refractivity contribution in [3.05, 3.63) is 46.5 Å². The molecule has 0 atom stereocenters. The number of carbonyl (C=O) groups excluding carboxylic acids is 1. The Kier molecular flexibility index (Phi) is 4.52. The maximum absolute atomic E-state index is 13.7. The molecule has 1 heterocycles. The number of anilines is 1. The number of urea groups is 1. The molecule has 2 amide bonds. The van der Waals surface area contributed by atoms with Crippen LogP contribution in [-0.4, -0.2) is 11.0 Å². The number of primary amides is 1. The van der Waals surface area contributed by atoms with Gasteiger partial charge in [-0.15, -0.1) is 11.3 Å². The van der Waals surface area contributed by atoms with Crippen LogP contribution in [0.4, 0.5) is 18.7 Å². The number of nitrogens with two attached hydrogens (primary N) is 1. The van der Waals surface area contributed by atoms with Gasteiger partial charge in [-0.3, -0.25) is 4.90 Å². The molecule has 21 heavy (non-hydrogen) atoms. The van der Waals surface area contributed by atoms with Crippen LogP contribution in [0.5, 0.6) is 0 Å². The van der Waals surface area contributed by atoms with Crippen LogP contribution >= 0.6 is 11.3 Å². The van der Waals surface area contributed by atoms with Crippen LogP contribution in [-0.2, 0) is 6.54 Å². The third kappa shape index (κ3) is 3.55. The third-order valence-corrected chi connectivity index (χ3v) is 4.24. The molecule has 0 bridgehead atoms. The van der Waals surface area contributed by atoms with Crippen molar-refractivity contribution in [3.8, 4) is 0 Å². The van der Waals surface area contributed by atoms with Crippen LogP contribution < -0.4 is 10.6 Å². The van der Waals surface area contributed by atoms with E-state index in [1.165, 1.54) is 22.3 Å². The molecular formula is C14H15F2N3OS. The Hall–Kier alpha value is -2.02. The van der Waals surface area contributed by atoms with Crippen molar-refractivity contribution >= 4 is 22.5 Å². The number of hydrogen-bond donors (Lipinski definition) is 1. The molecule has 1 aromatic heterocycles. The van der Waals surface area contributed by atoms with Crippen molar-refractivity contribution in [1.82, 2.24) is 4.98 Å². The summed E-state index contributed by atoms with van der Waals surface area (Å²) in [7, 11) is 0. The van der Waals surface area contributed by atoms with Gasteiger partial charge >= 0.3 is 6.03 Å². The number of benzene rings is 1. The van der Waals surface area contributed by atoms with Crippen molar-refractivity contribution in [2.75, 3.05) is 4.90 Å². The lowest BCUT2D eigenvalue weighted by atomic mass is 10.2. The van der Waals surface area contributed by atoms with E-state index < -0.39 is 17.7 Å². The van der Waals surface area contributed by atoms with Crippen molar-refractivity contribution in [2.45, 2.75) is 26.3 Å². The van der Waals surface area contributed by atoms with E-state index in [4.69, 9.17) is 5.73 Å². The van der Waals surface area contributed by atoms with Gasteiger partial charge in [-0.05, 0) is 12.0 Å². The molecule has 4 nitrogen and oxygen atoms in total. The highest BCUT2D eigenvalue weighted by Crippen LogP contribution is 2.29. The summed E-state index contributed by atoms with van der Waals surface area (Å²) in [5.41, 5.74) is 5.52. The zero-order valence-electron chi connectivity index (χ0n) is 11.6. The Morgan fingerprint density at radius 3 is 2.67 bits per heavy atom. The number of nitrogens with zero attached hydrogens (tertiary/aromatic N) is 2. The van der Waals surface area contributed by atoms with Gasteiger partial charge in [-0.25, -0.2) is 18.6 Å². The molecule has 0 fully saturated rings. The largest absolute Gasteiger partial charge is 0.351 e. The van der Waals surface area contributed by atoms with Crippen molar-refractivity contribution in [2.24, 2.45) is 5.73 Å². The van der Waals surface area contributed by atoms with E-state index in [-0.39, 0.29) is 18.0 Å². The fraction of sp³-hybridized carbons (Fsp3) is 0.286. The molecule has 0 saturated carbocycles. The van der Waals surface area contributed by atoms with Crippen LogP contribution in [0.2, 0.25) is 0 Å². The number of carbonyl (C=O) groups is 1. The van der Waals surface area contributed by atoms with E-state index in [9.17, 15) is 13.6 Å². The maximum Gasteiger partial charge on any atom is 0.321 e. The Labute approximate surface area is 125 Å². The van der Waals surface area contributed by atoms with Gasteiger partial charge in [0.15, 0.2) is 5.13 Å². The van der Waals surface area contributed by atoms with Gasteiger partial charge < -0.3 is 5.73 Å². The zero-order valence-corrected chi connectivity index (χ0v) is 12.5. The first-order valence-electron chi connectivity index (χ1n) is 6.35. The Bertz CT molecular complexity index is 657. The van der Waals surface area contributed by atoms with Crippen LogP contribution in [0.25, 0.3) is 0 Å². The van der Waals surface area contributed by atoms with Crippen molar-refractivity contribution in [3.63, 3.8) is 0 Å². The van der Waals surface area contributed by atoms with Gasteiger partial charge in [-0.1, -0.05) is 19.9 Å². The van der Waals surface area contributed by atoms with E-state index in [1.54, 1.807) is 6.20 Å². The lowest BCUT2D eigenvalue weighted by Gasteiger charge is -2.17. The number of amides is 2. The standard InChI is InChI=1S/C14H15F2N3OS/c1-8(2)12-6-18-14(21-12)19(13(17)20)7-9-3-4-10(15)5-11(9)16/h3-6,8H,7H2,1-2H3,(H2,17,20). The lowest BCUT2D eigenvalue weighted by molar-refractivity contribution is 0.253. The second-order valence-electron chi connectivity index (χ2n) is 4.86. The smallest absolute Gasteiger partial charge is 0.321 e. The highest BCUT2D eigenvalue weighted by atomic mass is 32.1. The number of aromatic nitrogens is 1. The highest BCUT2D eigenvalue weighted by Gasteiger charge is 2.19. The molecule has 0 radical (unpaired) electrons. The van der Waals surface area contributed by atoms with Gasteiger partial charge in [0.2, 0.25) is 0 Å². The molecular weight excluding hydrogens is 296 g/mol. The summed E-state index contributed by atoms with van der Waals surface area (Å²) in [5, 5.41) is 0.398. The molecule has 2 rings (SSSR count). The number of thiazole rings is 1. The third-order valence-electron chi connectivity index (χ3n) is 2.92. The first-order chi connectivity index (χ1) is 9.88. The van der Waals surface area contributed by atoms with Gasteiger partial charge in [0.25, 0.3) is 0 Å². The number of rotatable bonds is 4. The minimum atomic E-state index is -0.733. The van der Waals surface area contributed by atoms with Crippen LogP contribution in [0.3, 0.4) is 0 Å². The van der Waals surface area contributed by atoms with Crippen LogP contribution in [0.1, 0.15) is 30.2 Å². The van der Waals surface area contributed by atoms with E-state index in [1.807, 2.05) is 13.8 Å². The summed E-state index contributed by atoms with van der Waals surface area (Å²) in [6.45, 7) is 3.92. The molecule has 2 aromatic rings. The minimum absolute atomic E-state index is 0.0908. The van der Waals surface area contributed by atoms with Crippen LogP contribution in [0.15, 0.2) is 24.4 Å². The Morgan fingerprint density at radius 1 is 1.43 bits per heavy atom. The molecule has 0 aliphatic heterocycles. The molecule has 1 aromatic carbocycles. The van der Waals surface area contributed by atoms with E-state index in [0.29, 0.717) is 5.13 Å². The molecule has 7 heteroatoms. The monoisotopic (exact) mass is 311 g/mol. The van der Waals surface area contributed by atoms with Gasteiger partial charge in [0.1, 0.15) is 11.6 Å². The predicted octanol–water partition coefficient (Wildman–Crippen LogP) is 3.63. The normalized spacial score (nSPS) is 10.9. The Morgan fingerprint density at radius 2 is 2.14 bits per heavy atom. The molecule has 0 spiro atoms. The minimum Gasteiger partial charge on any atom is -0.351 e. The fourth-order valence-corrected chi connectivity index (χ4v) is 2.65. The first kappa shape index (κ1) is 15.4. The lowest BCUT2D eigenvalue weighted by Crippen LogP contribution is -2.35. The van der Waals surface area contributed by atoms with E-state index >= 15 is 0 Å². The summed E-state index contributed by atoms with van der Waals surface area (Å²) < 4.78 is 26.6. The van der Waals surface area contributed by atoms with Crippen molar-refractivity contribution in [1.29, 1.82) is 0 Å². The van der Waals surface area contributed by atoms with Crippen molar-refractivity contribution < 1.29 is 13.6 Å². The van der Waals surface area contributed by atoms with Gasteiger partial charge in [0.05, 0.1) is 6.54 Å². The molecule has 112 valence electrons. The topological polar surface area (TPSA) is 59.2 Å². The first-order valence-corrected chi connectivity index (χ1v) is 7.16. The quantitative estimate of drug-likeness (QED) is 0.937. The molecule has 0 unspecified atom stereocenters. The molecule has 2 N–H and O–H groups in total. The Balaban J connectivity index is 2.28. The van der Waals surface area contributed by atoms with E-state index in [2.05, 4.69) is 4.98 Å².